The van der Waals surface area contributed by atoms with E-state index in [1.54, 1.807) is 6.20 Å². The molecule has 5 nitrogen and oxygen atoms in total. The van der Waals surface area contributed by atoms with Crippen LogP contribution in [0.5, 0.6) is 0 Å². The number of nitrogens with zero attached hydrogens (tertiary/aromatic N) is 2. The summed E-state index contributed by atoms with van der Waals surface area (Å²) in [6, 6.07) is 3.89. The van der Waals surface area contributed by atoms with Crippen LogP contribution in [0, 0.1) is 0 Å². The summed E-state index contributed by atoms with van der Waals surface area (Å²) in [4.78, 5) is 18.2. The molecule has 1 aliphatic rings. The number of aromatic nitrogens is 1. The summed E-state index contributed by atoms with van der Waals surface area (Å²) in [7, 11) is 0. The van der Waals surface area contributed by atoms with Gasteiger partial charge in [-0.3, -0.25) is 4.79 Å². The second kappa shape index (κ2) is 9.82. The lowest BCUT2D eigenvalue weighted by Gasteiger charge is -2.17. The van der Waals surface area contributed by atoms with Crippen molar-refractivity contribution in [2.45, 2.75) is 38.8 Å². The quantitative estimate of drug-likeness (QED) is 0.862. The van der Waals surface area contributed by atoms with Crippen LogP contribution in [-0.2, 0) is 11.3 Å². The Hall–Kier alpha value is -1.04. The first kappa shape index (κ1) is 20.0. The number of anilines is 1. The first-order valence-corrected chi connectivity index (χ1v) is 6.87. The SMILES string of the molecule is CC(N)CC(=O)NCc1ccnc(N2CCCC2)c1.Cl.Cl. The molecule has 1 atom stereocenters. The maximum atomic E-state index is 11.6. The molecule has 1 saturated heterocycles. The van der Waals surface area contributed by atoms with Gasteiger partial charge < -0.3 is 16.0 Å². The minimum Gasteiger partial charge on any atom is -0.357 e. The van der Waals surface area contributed by atoms with Gasteiger partial charge in [-0.1, -0.05) is 0 Å². The van der Waals surface area contributed by atoms with Crippen molar-refractivity contribution in [2.75, 3.05) is 18.0 Å². The highest BCUT2D eigenvalue weighted by Crippen LogP contribution is 2.18. The van der Waals surface area contributed by atoms with Gasteiger partial charge in [-0.2, -0.15) is 0 Å². The van der Waals surface area contributed by atoms with Gasteiger partial charge in [-0.15, -0.1) is 24.8 Å². The third kappa shape index (κ3) is 6.50. The first-order chi connectivity index (χ1) is 9.15. The predicted molar refractivity (Wildman–Crippen MR) is 90.3 cm³/mol. The molecule has 3 N–H and O–H groups in total. The number of hydrogen-bond acceptors (Lipinski definition) is 4. The van der Waals surface area contributed by atoms with Gasteiger partial charge in [0, 0.05) is 38.3 Å². The maximum Gasteiger partial charge on any atom is 0.221 e. The summed E-state index contributed by atoms with van der Waals surface area (Å²) in [5.41, 5.74) is 6.67. The Morgan fingerprint density at radius 1 is 1.43 bits per heavy atom. The second-order valence-electron chi connectivity index (χ2n) is 5.17. The van der Waals surface area contributed by atoms with E-state index in [-0.39, 0.29) is 36.8 Å². The van der Waals surface area contributed by atoms with E-state index in [1.165, 1.54) is 12.8 Å². The lowest BCUT2D eigenvalue weighted by atomic mass is 10.2. The largest absolute Gasteiger partial charge is 0.357 e. The molecule has 1 aromatic rings. The molecule has 0 saturated carbocycles. The molecule has 0 radical (unpaired) electrons. The van der Waals surface area contributed by atoms with E-state index >= 15 is 0 Å². The standard InChI is InChI=1S/C14H22N4O.2ClH/c1-11(15)8-14(19)17-10-12-4-5-16-13(9-12)18-6-2-3-7-18;;/h4-5,9,11H,2-3,6-8,10,15H2,1H3,(H,17,19);2*1H. The number of pyridine rings is 1. The number of carbonyl (C=O) groups excluding carboxylic acids is 1. The van der Waals surface area contributed by atoms with Gasteiger partial charge in [0.1, 0.15) is 5.82 Å². The van der Waals surface area contributed by atoms with Crippen LogP contribution in [0.3, 0.4) is 0 Å². The van der Waals surface area contributed by atoms with Crippen molar-refractivity contribution in [1.29, 1.82) is 0 Å². The summed E-state index contributed by atoms with van der Waals surface area (Å²) in [6.07, 6.45) is 4.64. The third-order valence-corrected chi connectivity index (χ3v) is 3.24. The van der Waals surface area contributed by atoms with Gasteiger partial charge in [0.2, 0.25) is 5.91 Å². The number of carbonyl (C=O) groups is 1. The minimum atomic E-state index is -0.0994. The molecule has 0 aliphatic carbocycles. The van der Waals surface area contributed by atoms with Crippen LogP contribution in [0.2, 0.25) is 0 Å². The Balaban J connectivity index is 0.00000200. The van der Waals surface area contributed by atoms with E-state index < -0.39 is 0 Å². The topological polar surface area (TPSA) is 71.2 Å². The molecule has 2 heterocycles. The van der Waals surface area contributed by atoms with Gasteiger partial charge in [0.05, 0.1) is 0 Å². The fourth-order valence-electron chi connectivity index (χ4n) is 2.25. The van der Waals surface area contributed by atoms with Crippen molar-refractivity contribution in [2.24, 2.45) is 5.73 Å². The monoisotopic (exact) mass is 334 g/mol. The Kier molecular flexibility index (Phi) is 9.33. The summed E-state index contributed by atoms with van der Waals surface area (Å²) in [5.74, 6) is 1.01. The normalized spacial score (nSPS) is 14.9. The van der Waals surface area contributed by atoms with Crippen LogP contribution < -0.4 is 16.0 Å². The van der Waals surface area contributed by atoms with Crippen molar-refractivity contribution in [3.8, 4) is 0 Å². The zero-order valence-electron chi connectivity index (χ0n) is 12.2. The molecule has 0 spiro atoms. The number of halogens is 2. The molecule has 1 amide bonds. The Morgan fingerprint density at radius 3 is 2.71 bits per heavy atom. The van der Waals surface area contributed by atoms with E-state index in [4.69, 9.17) is 5.73 Å². The number of rotatable bonds is 5. The molecular formula is C14H24Cl2N4O. The molecule has 1 aliphatic heterocycles. The van der Waals surface area contributed by atoms with Gasteiger partial charge >= 0.3 is 0 Å². The smallest absolute Gasteiger partial charge is 0.221 e. The van der Waals surface area contributed by atoms with Crippen LogP contribution in [0.25, 0.3) is 0 Å². The van der Waals surface area contributed by atoms with Crippen LogP contribution in [0.15, 0.2) is 18.3 Å². The average Bonchev–Trinajstić information content (AvgIpc) is 2.90. The molecule has 1 fully saturated rings. The molecule has 0 aromatic carbocycles. The highest BCUT2D eigenvalue weighted by atomic mass is 35.5. The van der Waals surface area contributed by atoms with Crippen molar-refractivity contribution < 1.29 is 4.79 Å². The molecule has 1 unspecified atom stereocenters. The van der Waals surface area contributed by atoms with Gasteiger partial charge in [0.25, 0.3) is 0 Å². The van der Waals surface area contributed by atoms with Crippen molar-refractivity contribution in [1.82, 2.24) is 10.3 Å². The molecule has 0 bridgehead atoms. The molecule has 7 heteroatoms. The summed E-state index contributed by atoms with van der Waals surface area (Å²) < 4.78 is 0. The second-order valence-corrected chi connectivity index (χ2v) is 5.17. The van der Waals surface area contributed by atoms with Crippen LogP contribution in [0.1, 0.15) is 31.7 Å². The Morgan fingerprint density at radius 2 is 2.10 bits per heavy atom. The van der Waals surface area contributed by atoms with Crippen molar-refractivity contribution >= 4 is 36.5 Å². The van der Waals surface area contributed by atoms with Gasteiger partial charge in [-0.25, -0.2) is 4.98 Å². The van der Waals surface area contributed by atoms with Gasteiger partial charge in [-0.05, 0) is 37.5 Å². The summed E-state index contributed by atoms with van der Waals surface area (Å²) in [5, 5.41) is 2.88. The Labute approximate surface area is 138 Å². The van der Waals surface area contributed by atoms with E-state index in [0.29, 0.717) is 13.0 Å². The number of nitrogens with one attached hydrogen (secondary N) is 1. The lowest BCUT2D eigenvalue weighted by Crippen LogP contribution is -2.29. The number of amides is 1. The molecule has 21 heavy (non-hydrogen) atoms. The van der Waals surface area contributed by atoms with Gasteiger partial charge in [0.15, 0.2) is 0 Å². The van der Waals surface area contributed by atoms with E-state index in [1.807, 2.05) is 13.0 Å². The first-order valence-electron chi connectivity index (χ1n) is 6.87. The predicted octanol–water partition coefficient (Wildman–Crippen LogP) is 1.88. The maximum absolute atomic E-state index is 11.6. The van der Waals surface area contributed by atoms with Crippen LogP contribution in [0.4, 0.5) is 5.82 Å². The molecule has 1 aromatic heterocycles. The third-order valence-electron chi connectivity index (χ3n) is 3.24. The Bertz CT molecular complexity index is 437. The van der Waals surface area contributed by atoms with E-state index in [2.05, 4.69) is 21.3 Å². The molecule has 120 valence electrons. The zero-order valence-corrected chi connectivity index (χ0v) is 13.9. The van der Waals surface area contributed by atoms with Crippen LogP contribution in [-0.4, -0.2) is 30.0 Å². The lowest BCUT2D eigenvalue weighted by molar-refractivity contribution is -0.121. The highest BCUT2D eigenvalue weighted by molar-refractivity contribution is 5.85. The molecule has 2 rings (SSSR count). The minimum absolute atomic E-state index is 0. The van der Waals surface area contributed by atoms with Crippen LogP contribution >= 0.6 is 24.8 Å². The number of hydrogen-bond donors (Lipinski definition) is 2. The van der Waals surface area contributed by atoms with Crippen molar-refractivity contribution in [3.63, 3.8) is 0 Å². The molecular weight excluding hydrogens is 311 g/mol. The average molecular weight is 335 g/mol. The van der Waals surface area contributed by atoms with E-state index in [9.17, 15) is 4.79 Å². The summed E-state index contributed by atoms with van der Waals surface area (Å²) in [6.45, 7) is 4.52. The zero-order chi connectivity index (χ0) is 13.7. The summed E-state index contributed by atoms with van der Waals surface area (Å²) >= 11 is 0. The van der Waals surface area contributed by atoms with Crippen molar-refractivity contribution in [3.05, 3.63) is 23.9 Å². The fourth-order valence-corrected chi connectivity index (χ4v) is 2.25. The van der Waals surface area contributed by atoms with E-state index in [0.717, 1.165) is 24.5 Å². The number of nitrogens with two attached hydrogens (primary N) is 1. The highest BCUT2D eigenvalue weighted by Gasteiger charge is 2.13. The fraction of sp³-hybridized carbons (Fsp3) is 0.571.